The number of hydrogen-bond donors (Lipinski definition) is 1. The topological polar surface area (TPSA) is 65.6 Å². The van der Waals surface area contributed by atoms with Crippen LogP contribution in [0.3, 0.4) is 0 Å². The average Bonchev–Trinajstić information content (AvgIpc) is 2.93. The summed E-state index contributed by atoms with van der Waals surface area (Å²) >= 11 is 0. The van der Waals surface area contributed by atoms with Gasteiger partial charge in [0.1, 0.15) is 0 Å². The largest absolute Gasteiger partial charge is 0.424 e. The van der Waals surface area contributed by atoms with Crippen molar-refractivity contribution >= 4 is 0 Å². The number of nitrogens with zero attached hydrogens (tertiary/aromatic N) is 4. The summed E-state index contributed by atoms with van der Waals surface area (Å²) in [6.07, 6.45) is 4.81. The Hall–Kier alpha value is -0.980. The van der Waals surface area contributed by atoms with Gasteiger partial charge in [-0.3, -0.25) is 9.80 Å². The SMILES string of the molecule is Cc1nnc(CN2CCC(N3CCCC(CO)C3)CC2)o1. The van der Waals surface area contributed by atoms with Gasteiger partial charge in [-0.25, -0.2) is 0 Å². The lowest BCUT2D eigenvalue weighted by atomic mass is 9.94. The van der Waals surface area contributed by atoms with Crippen molar-refractivity contribution in [1.82, 2.24) is 20.0 Å². The van der Waals surface area contributed by atoms with E-state index in [9.17, 15) is 5.11 Å². The summed E-state index contributed by atoms with van der Waals surface area (Å²) < 4.78 is 5.46. The summed E-state index contributed by atoms with van der Waals surface area (Å²) in [5.74, 6) is 1.85. The zero-order chi connectivity index (χ0) is 14.7. The van der Waals surface area contributed by atoms with E-state index in [4.69, 9.17) is 4.42 Å². The number of hydrogen-bond acceptors (Lipinski definition) is 6. The van der Waals surface area contributed by atoms with Crippen molar-refractivity contribution in [2.75, 3.05) is 32.8 Å². The third kappa shape index (κ3) is 3.81. The molecule has 1 aromatic heterocycles. The summed E-state index contributed by atoms with van der Waals surface area (Å²) in [7, 11) is 0. The van der Waals surface area contributed by atoms with Crippen molar-refractivity contribution in [3.63, 3.8) is 0 Å². The molecule has 0 radical (unpaired) electrons. The van der Waals surface area contributed by atoms with Crippen LogP contribution in [0, 0.1) is 12.8 Å². The molecule has 0 bridgehead atoms. The van der Waals surface area contributed by atoms with Crippen molar-refractivity contribution in [1.29, 1.82) is 0 Å². The maximum atomic E-state index is 9.36. The number of rotatable bonds is 4. The van der Waals surface area contributed by atoms with Crippen LogP contribution in [-0.2, 0) is 6.54 Å². The lowest BCUT2D eigenvalue weighted by Gasteiger charge is -2.41. The number of aliphatic hydroxyl groups excluding tert-OH is 1. The highest BCUT2D eigenvalue weighted by Crippen LogP contribution is 2.24. The van der Waals surface area contributed by atoms with Crippen molar-refractivity contribution in [2.24, 2.45) is 5.92 Å². The summed E-state index contributed by atoms with van der Waals surface area (Å²) in [4.78, 5) is 5.00. The fraction of sp³-hybridized carbons (Fsp3) is 0.867. The van der Waals surface area contributed by atoms with Gasteiger partial charge in [-0.05, 0) is 38.1 Å². The first kappa shape index (κ1) is 14.9. The molecule has 1 unspecified atom stereocenters. The molecule has 0 spiro atoms. The molecular weight excluding hydrogens is 268 g/mol. The van der Waals surface area contributed by atoms with E-state index >= 15 is 0 Å². The molecule has 21 heavy (non-hydrogen) atoms. The smallest absolute Gasteiger partial charge is 0.230 e. The van der Waals surface area contributed by atoms with Gasteiger partial charge in [0.15, 0.2) is 0 Å². The van der Waals surface area contributed by atoms with E-state index in [1.165, 1.54) is 32.2 Å². The Labute approximate surface area is 126 Å². The molecule has 0 saturated carbocycles. The highest BCUT2D eigenvalue weighted by atomic mass is 16.4. The minimum absolute atomic E-state index is 0.339. The van der Waals surface area contributed by atoms with Crippen LogP contribution < -0.4 is 0 Å². The molecule has 1 atom stereocenters. The van der Waals surface area contributed by atoms with E-state index in [1.807, 2.05) is 6.92 Å². The first-order valence-electron chi connectivity index (χ1n) is 8.11. The van der Waals surface area contributed by atoms with Gasteiger partial charge in [0.05, 0.1) is 6.54 Å². The summed E-state index contributed by atoms with van der Waals surface area (Å²) in [5.41, 5.74) is 0. The van der Waals surface area contributed by atoms with Gasteiger partial charge in [0.25, 0.3) is 0 Å². The average molecular weight is 294 g/mol. The Morgan fingerprint density at radius 2 is 2.00 bits per heavy atom. The predicted molar refractivity (Wildman–Crippen MR) is 78.7 cm³/mol. The van der Waals surface area contributed by atoms with Crippen LogP contribution in [-0.4, -0.2) is 63.9 Å². The lowest BCUT2D eigenvalue weighted by molar-refractivity contribution is 0.0507. The molecular formula is C15H26N4O2. The molecule has 2 fully saturated rings. The van der Waals surface area contributed by atoms with E-state index in [1.54, 1.807) is 0 Å². The Kier molecular flexibility index (Phi) is 4.87. The number of likely N-dealkylation sites (tertiary alicyclic amines) is 2. The number of aliphatic hydroxyl groups is 1. The summed E-state index contributed by atoms with van der Waals surface area (Å²) in [5, 5.41) is 17.3. The van der Waals surface area contributed by atoms with E-state index in [-0.39, 0.29) is 0 Å². The van der Waals surface area contributed by atoms with Crippen LogP contribution in [0.25, 0.3) is 0 Å². The molecule has 2 saturated heterocycles. The summed E-state index contributed by atoms with van der Waals surface area (Å²) in [6.45, 7) is 7.39. The van der Waals surface area contributed by atoms with Gasteiger partial charge >= 0.3 is 0 Å². The maximum absolute atomic E-state index is 9.36. The zero-order valence-corrected chi connectivity index (χ0v) is 12.9. The maximum Gasteiger partial charge on any atom is 0.230 e. The first-order chi connectivity index (χ1) is 10.2. The summed E-state index contributed by atoms with van der Waals surface area (Å²) in [6, 6.07) is 0.681. The minimum Gasteiger partial charge on any atom is -0.424 e. The van der Waals surface area contributed by atoms with Crippen LogP contribution in [0.4, 0.5) is 0 Å². The standard InChI is InChI=1S/C15H26N4O2/c1-12-16-17-15(21-12)10-18-7-4-14(5-8-18)19-6-2-3-13(9-19)11-20/h13-14,20H,2-11H2,1H3. The molecule has 0 aromatic carbocycles. The second-order valence-electron chi connectivity index (χ2n) is 6.41. The van der Waals surface area contributed by atoms with Gasteiger partial charge in [0, 0.05) is 39.2 Å². The third-order valence-corrected chi connectivity index (χ3v) is 4.81. The fourth-order valence-corrected chi connectivity index (χ4v) is 3.61. The van der Waals surface area contributed by atoms with E-state index in [2.05, 4.69) is 20.0 Å². The number of piperidine rings is 2. The monoisotopic (exact) mass is 294 g/mol. The van der Waals surface area contributed by atoms with Crippen molar-refractivity contribution in [2.45, 2.75) is 45.2 Å². The Morgan fingerprint density at radius 3 is 2.67 bits per heavy atom. The van der Waals surface area contributed by atoms with E-state index in [0.29, 0.717) is 24.5 Å². The van der Waals surface area contributed by atoms with Crippen LogP contribution in [0.15, 0.2) is 4.42 Å². The fourth-order valence-electron chi connectivity index (χ4n) is 3.61. The highest BCUT2D eigenvalue weighted by Gasteiger charge is 2.28. The molecule has 6 nitrogen and oxygen atoms in total. The molecule has 2 aliphatic rings. The second-order valence-corrected chi connectivity index (χ2v) is 6.41. The Balaban J connectivity index is 1.46. The van der Waals surface area contributed by atoms with Crippen LogP contribution in [0.5, 0.6) is 0 Å². The molecule has 1 aromatic rings. The first-order valence-corrected chi connectivity index (χ1v) is 8.11. The van der Waals surface area contributed by atoms with E-state index in [0.717, 1.165) is 32.1 Å². The van der Waals surface area contributed by atoms with Gasteiger partial charge < -0.3 is 9.52 Å². The van der Waals surface area contributed by atoms with E-state index < -0.39 is 0 Å². The molecule has 0 aliphatic carbocycles. The van der Waals surface area contributed by atoms with Crippen LogP contribution in [0.1, 0.15) is 37.5 Å². The van der Waals surface area contributed by atoms with Gasteiger partial charge in [-0.1, -0.05) is 0 Å². The predicted octanol–water partition coefficient (Wildman–Crippen LogP) is 1.05. The van der Waals surface area contributed by atoms with Crippen molar-refractivity contribution in [3.05, 3.63) is 11.8 Å². The molecule has 2 aliphatic heterocycles. The van der Waals surface area contributed by atoms with Crippen molar-refractivity contribution < 1.29 is 9.52 Å². The molecule has 0 amide bonds. The Morgan fingerprint density at radius 1 is 1.19 bits per heavy atom. The quantitative estimate of drug-likeness (QED) is 0.895. The molecule has 118 valence electrons. The minimum atomic E-state index is 0.339. The molecule has 3 heterocycles. The normalized spacial score (nSPS) is 26.3. The van der Waals surface area contributed by atoms with Crippen LogP contribution >= 0.6 is 0 Å². The van der Waals surface area contributed by atoms with Gasteiger partial charge in [0.2, 0.25) is 11.8 Å². The second kappa shape index (κ2) is 6.85. The molecule has 6 heteroatoms. The lowest BCUT2D eigenvalue weighted by Crippen LogP contribution is -2.48. The number of aromatic nitrogens is 2. The number of aryl methyl sites for hydroxylation is 1. The Bertz CT molecular complexity index is 443. The highest BCUT2D eigenvalue weighted by molar-refractivity contribution is 4.86. The molecule has 3 rings (SSSR count). The zero-order valence-electron chi connectivity index (χ0n) is 12.9. The van der Waals surface area contributed by atoms with Gasteiger partial charge in [-0.15, -0.1) is 10.2 Å². The van der Waals surface area contributed by atoms with Crippen molar-refractivity contribution in [3.8, 4) is 0 Å². The van der Waals surface area contributed by atoms with Gasteiger partial charge in [-0.2, -0.15) is 0 Å². The third-order valence-electron chi connectivity index (χ3n) is 4.81. The van der Waals surface area contributed by atoms with Crippen LogP contribution in [0.2, 0.25) is 0 Å². The molecule has 1 N–H and O–H groups in total.